The zero-order valence-corrected chi connectivity index (χ0v) is 6.16. The van der Waals surface area contributed by atoms with Gasteiger partial charge in [-0.15, -0.1) is 0 Å². The maximum Gasteiger partial charge on any atom is 0.312 e. The Morgan fingerprint density at radius 3 is 2.91 bits per heavy atom. The molecule has 1 atom stereocenters. The van der Waals surface area contributed by atoms with Crippen molar-refractivity contribution in [3.8, 4) is 0 Å². The fourth-order valence-corrected chi connectivity index (χ4v) is 0.484. The molecule has 0 spiro atoms. The van der Waals surface area contributed by atoms with Gasteiger partial charge < -0.3 is 15.2 Å². The summed E-state index contributed by atoms with van der Waals surface area (Å²) in [6.45, 7) is 1.11. The van der Waals surface area contributed by atoms with Gasteiger partial charge in [0.1, 0.15) is 0 Å². The van der Waals surface area contributed by atoms with Gasteiger partial charge in [0.05, 0.1) is 5.92 Å². The molecule has 0 rings (SSSR count). The summed E-state index contributed by atoms with van der Waals surface area (Å²) in [4.78, 5) is 20.3. The highest BCUT2D eigenvalue weighted by atomic mass is 16.6. The van der Waals surface area contributed by atoms with Gasteiger partial charge >= 0.3 is 12.4 Å². The van der Waals surface area contributed by atoms with Gasteiger partial charge in [0.15, 0.2) is 6.79 Å². The summed E-state index contributed by atoms with van der Waals surface area (Å²) < 4.78 is 4.25. The molecule has 0 aromatic rings. The molecular formula is C6H10NO4. The highest BCUT2D eigenvalue weighted by molar-refractivity contribution is 5.72. The highest BCUT2D eigenvalue weighted by Gasteiger charge is 2.12. The largest absolute Gasteiger partial charge is 0.438 e. The van der Waals surface area contributed by atoms with Gasteiger partial charge in [-0.25, -0.2) is 0 Å². The number of hydrogen-bond donors (Lipinski definition) is 2. The first kappa shape index (κ1) is 9.90. The first-order valence-corrected chi connectivity index (χ1v) is 3.10. The maximum atomic E-state index is 10.7. The van der Waals surface area contributed by atoms with Crippen LogP contribution in [0.4, 0.5) is 0 Å². The lowest BCUT2D eigenvalue weighted by Crippen LogP contribution is -2.27. The van der Waals surface area contributed by atoms with Crippen molar-refractivity contribution in [1.82, 2.24) is 5.32 Å². The second-order valence-corrected chi connectivity index (χ2v) is 1.98. The average molecular weight is 160 g/mol. The molecule has 0 saturated heterocycles. The molecule has 11 heavy (non-hydrogen) atoms. The number of aliphatic hydroxyl groups is 1. The highest BCUT2D eigenvalue weighted by Crippen LogP contribution is 1.94. The smallest absolute Gasteiger partial charge is 0.312 e. The summed E-state index contributed by atoms with van der Waals surface area (Å²) in [5, 5.41) is 10.4. The minimum Gasteiger partial charge on any atom is -0.438 e. The molecule has 1 radical (unpaired) electrons. The van der Waals surface area contributed by atoms with Crippen molar-refractivity contribution in [2.75, 3.05) is 13.3 Å². The third-order valence-corrected chi connectivity index (χ3v) is 1.09. The molecule has 5 heteroatoms. The van der Waals surface area contributed by atoms with Crippen LogP contribution in [-0.4, -0.2) is 30.8 Å². The number of amides is 1. The number of carbonyl (C=O) groups excluding carboxylic acids is 2. The second-order valence-electron chi connectivity index (χ2n) is 1.98. The van der Waals surface area contributed by atoms with Crippen LogP contribution in [0.25, 0.3) is 0 Å². The van der Waals surface area contributed by atoms with Gasteiger partial charge in [0.25, 0.3) is 0 Å². The van der Waals surface area contributed by atoms with Crippen molar-refractivity contribution in [1.29, 1.82) is 0 Å². The predicted octanol–water partition coefficient (Wildman–Crippen LogP) is -1.23. The SMILES string of the molecule is CC(CN[C]=O)C(=O)OCO. The predicted molar refractivity (Wildman–Crippen MR) is 36.0 cm³/mol. The Morgan fingerprint density at radius 2 is 2.45 bits per heavy atom. The molecule has 0 bridgehead atoms. The maximum absolute atomic E-state index is 10.7. The van der Waals surface area contributed by atoms with Crippen LogP contribution in [0.15, 0.2) is 0 Å². The average Bonchev–Trinajstić information content (AvgIpc) is 2.00. The van der Waals surface area contributed by atoms with E-state index in [2.05, 4.69) is 10.1 Å². The minimum atomic E-state index is -0.631. The van der Waals surface area contributed by atoms with Crippen molar-refractivity contribution in [2.45, 2.75) is 6.92 Å². The minimum absolute atomic E-state index is 0.169. The molecule has 1 unspecified atom stereocenters. The topological polar surface area (TPSA) is 75.6 Å². The van der Waals surface area contributed by atoms with E-state index in [0.29, 0.717) is 0 Å². The molecule has 0 fully saturated rings. The fraction of sp³-hybridized carbons (Fsp3) is 0.667. The van der Waals surface area contributed by atoms with Crippen molar-refractivity contribution in [2.24, 2.45) is 5.92 Å². The summed E-state index contributed by atoms with van der Waals surface area (Å²) in [6, 6.07) is 0. The van der Waals surface area contributed by atoms with Gasteiger partial charge in [-0.3, -0.25) is 9.59 Å². The van der Waals surface area contributed by atoms with E-state index in [1.54, 1.807) is 6.92 Å². The molecule has 0 aromatic heterocycles. The Kier molecular flexibility index (Phi) is 5.10. The number of nitrogens with one attached hydrogen (secondary N) is 1. The molecule has 0 aromatic carbocycles. The molecule has 0 saturated carbocycles. The van der Waals surface area contributed by atoms with Crippen LogP contribution in [0.2, 0.25) is 0 Å². The number of carbonyl (C=O) groups is 1. The Morgan fingerprint density at radius 1 is 1.82 bits per heavy atom. The molecular weight excluding hydrogens is 150 g/mol. The van der Waals surface area contributed by atoms with E-state index in [0.717, 1.165) is 0 Å². The summed E-state index contributed by atoms with van der Waals surface area (Å²) in [5.41, 5.74) is 0. The molecule has 5 nitrogen and oxygen atoms in total. The number of esters is 1. The molecule has 0 aliphatic rings. The normalized spacial score (nSPS) is 11.8. The lowest BCUT2D eigenvalue weighted by molar-refractivity contribution is -0.155. The first-order valence-electron chi connectivity index (χ1n) is 3.10. The van der Waals surface area contributed by atoms with Crippen LogP contribution in [0.3, 0.4) is 0 Å². The lowest BCUT2D eigenvalue weighted by atomic mass is 10.2. The van der Waals surface area contributed by atoms with E-state index in [1.165, 1.54) is 6.41 Å². The van der Waals surface area contributed by atoms with Crippen molar-refractivity contribution in [3.63, 3.8) is 0 Å². The van der Waals surface area contributed by atoms with Gasteiger partial charge in [0, 0.05) is 6.54 Å². The van der Waals surface area contributed by atoms with Crippen LogP contribution in [0.5, 0.6) is 0 Å². The summed E-state index contributed by atoms with van der Waals surface area (Å²) >= 11 is 0. The molecule has 1 amide bonds. The number of ether oxygens (including phenoxy) is 1. The van der Waals surface area contributed by atoms with Crippen molar-refractivity contribution >= 4 is 12.4 Å². The third kappa shape index (κ3) is 4.32. The molecule has 0 aliphatic heterocycles. The van der Waals surface area contributed by atoms with E-state index < -0.39 is 18.7 Å². The quantitative estimate of drug-likeness (QED) is 0.300. The standard InChI is InChI=1S/C6H10NO4/c1-5(2-7-3-8)6(10)11-4-9/h5,9H,2,4H2,1H3,(H,7,8). The van der Waals surface area contributed by atoms with Crippen LogP contribution >= 0.6 is 0 Å². The van der Waals surface area contributed by atoms with E-state index in [-0.39, 0.29) is 6.54 Å². The second kappa shape index (κ2) is 5.67. The van der Waals surface area contributed by atoms with E-state index >= 15 is 0 Å². The Labute approximate surface area is 64.3 Å². The lowest BCUT2D eigenvalue weighted by Gasteiger charge is -2.07. The van der Waals surface area contributed by atoms with Crippen molar-refractivity contribution < 1.29 is 19.4 Å². The van der Waals surface area contributed by atoms with Crippen molar-refractivity contribution in [3.05, 3.63) is 0 Å². The molecule has 0 heterocycles. The van der Waals surface area contributed by atoms with Crippen LogP contribution in [0, 0.1) is 5.92 Å². The number of hydrogen-bond acceptors (Lipinski definition) is 4. The Balaban J connectivity index is 3.54. The van der Waals surface area contributed by atoms with Gasteiger partial charge in [-0.1, -0.05) is 6.92 Å². The summed E-state index contributed by atoms with van der Waals surface area (Å²) in [6.07, 6.45) is 1.43. The third-order valence-electron chi connectivity index (χ3n) is 1.09. The molecule has 0 aliphatic carbocycles. The van der Waals surface area contributed by atoms with E-state index in [1.807, 2.05) is 0 Å². The van der Waals surface area contributed by atoms with Crippen LogP contribution in [0.1, 0.15) is 6.92 Å². The van der Waals surface area contributed by atoms with E-state index in [9.17, 15) is 9.59 Å². The molecule has 2 N–H and O–H groups in total. The Hall–Kier alpha value is -1.10. The zero-order valence-electron chi connectivity index (χ0n) is 6.16. The van der Waals surface area contributed by atoms with Gasteiger partial charge in [-0.05, 0) is 0 Å². The van der Waals surface area contributed by atoms with Gasteiger partial charge in [0.2, 0.25) is 0 Å². The zero-order chi connectivity index (χ0) is 8.69. The van der Waals surface area contributed by atoms with E-state index in [4.69, 9.17) is 5.11 Å². The number of aliphatic hydroxyl groups excluding tert-OH is 1. The fourth-order valence-electron chi connectivity index (χ4n) is 0.484. The molecule has 63 valence electrons. The number of rotatable bonds is 5. The summed E-state index contributed by atoms with van der Waals surface area (Å²) in [7, 11) is 0. The summed E-state index contributed by atoms with van der Waals surface area (Å²) in [5.74, 6) is -1.00. The first-order chi connectivity index (χ1) is 5.22. The van der Waals surface area contributed by atoms with Crippen LogP contribution < -0.4 is 5.32 Å². The Bertz CT molecular complexity index is 137. The van der Waals surface area contributed by atoms with Crippen LogP contribution in [-0.2, 0) is 14.3 Å². The van der Waals surface area contributed by atoms with Gasteiger partial charge in [-0.2, -0.15) is 0 Å². The monoisotopic (exact) mass is 160 g/mol.